The summed E-state index contributed by atoms with van der Waals surface area (Å²) >= 11 is 0. The molecule has 0 unspecified atom stereocenters. The van der Waals surface area contributed by atoms with E-state index >= 15 is 0 Å². The molecule has 0 aliphatic carbocycles. The van der Waals surface area contributed by atoms with Gasteiger partial charge in [-0.25, -0.2) is 4.79 Å². The maximum Gasteiger partial charge on any atom is 0.417 e. The highest BCUT2D eigenvalue weighted by molar-refractivity contribution is 5.80. The smallest absolute Gasteiger partial charge is 0.408 e. The number of benzene rings is 1. The van der Waals surface area contributed by atoms with Crippen LogP contribution in [0.1, 0.15) is 18.9 Å². The van der Waals surface area contributed by atoms with E-state index in [2.05, 4.69) is 22.9 Å². The van der Waals surface area contributed by atoms with Gasteiger partial charge in [-0.15, -0.1) is 0 Å². The number of H-pyrrole nitrogens is 1. The van der Waals surface area contributed by atoms with Crippen molar-refractivity contribution in [3.63, 3.8) is 0 Å². The summed E-state index contributed by atoms with van der Waals surface area (Å²) in [6.07, 6.45) is 4.01. The fourth-order valence-corrected chi connectivity index (χ4v) is 2.56. The molecule has 5 heteroatoms. The molecule has 20 heavy (non-hydrogen) atoms. The Morgan fingerprint density at radius 2 is 2.25 bits per heavy atom. The molecule has 1 aliphatic heterocycles. The van der Waals surface area contributed by atoms with Crippen molar-refractivity contribution in [2.24, 2.45) is 0 Å². The zero-order valence-corrected chi connectivity index (χ0v) is 11.7. The van der Waals surface area contributed by atoms with Crippen LogP contribution >= 0.6 is 0 Å². The van der Waals surface area contributed by atoms with Crippen molar-refractivity contribution in [2.75, 3.05) is 25.2 Å². The minimum atomic E-state index is -0.415. The number of hydrogen-bond donors (Lipinski definition) is 1. The molecule has 0 radical (unpaired) electrons. The van der Waals surface area contributed by atoms with Crippen LogP contribution in [0.3, 0.4) is 0 Å². The number of aryl methyl sites for hydroxylation is 1. The van der Waals surface area contributed by atoms with Gasteiger partial charge in [0.1, 0.15) is 0 Å². The maximum atomic E-state index is 11.3. The van der Waals surface area contributed by atoms with Gasteiger partial charge >= 0.3 is 5.76 Å². The Hall–Kier alpha value is -2.01. The quantitative estimate of drug-likeness (QED) is 0.934. The van der Waals surface area contributed by atoms with Crippen LogP contribution in [0.5, 0.6) is 0 Å². The van der Waals surface area contributed by atoms with E-state index in [0.29, 0.717) is 12.2 Å². The minimum Gasteiger partial charge on any atom is -0.408 e. The third-order valence-corrected chi connectivity index (χ3v) is 3.69. The maximum absolute atomic E-state index is 11.3. The van der Waals surface area contributed by atoms with Crippen LogP contribution in [0.25, 0.3) is 11.1 Å². The SMILES string of the molecule is CCc1cc2[nH]c(=O)oc2cc1N(C)C1=CCCOC1. The summed E-state index contributed by atoms with van der Waals surface area (Å²) < 4.78 is 10.7. The molecule has 0 atom stereocenters. The largest absolute Gasteiger partial charge is 0.417 e. The number of aromatic nitrogens is 1. The summed E-state index contributed by atoms with van der Waals surface area (Å²) in [7, 11) is 2.02. The van der Waals surface area contributed by atoms with E-state index in [1.165, 1.54) is 5.56 Å². The molecule has 2 aromatic rings. The lowest BCUT2D eigenvalue weighted by molar-refractivity contribution is 0.149. The van der Waals surface area contributed by atoms with Crippen LogP contribution in [-0.2, 0) is 11.2 Å². The fraction of sp³-hybridized carbons (Fsp3) is 0.400. The van der Waals surface area contributed by atoms with Gasteiger partial charge in [0.15, 0.2) is 5.58 Å². The minimum absolute atomic E-state index is 0.415. The summed E-state index contributed by atoms with van der Waals surface area (Å²) in [6.45, 7) is 3.50. The Bertz CT molecular complexity index is 711. The number of fused-ring (bicyclic) bond motifs is 1. The van der Waals surface area contributed by atoms with Crippen LogP contribution in [0.15, 0.2) is 33.1 Å². The zero-order chi connectivity index (χ0) is 14.1. The third-order valence-electron chi connectivity index (χ3n) is 3.69. The first kappa shape index (κ1) is 13.0. The molecule has 0 fully saturated rings. The molecule has 1 N–H and O–H groups in total. The average Bonchev–Trinajstić information content (AvgIpc) is 2.85. The van der Waals surface area contributed by atoms with Gasteiger partial charge in [-0.3, -0.25) is 4.98 Å². The van der Waals surface area contributed by atoms with Crippen molar-refractivity contribution in [3.8, 4) is 0 Å². The molecule has 0 saturated carbocycles. The van der Waals surface area contributed by atoms with Gasteiger partial charge in [0.25, 0.3) is 0 Å². The van der Waals surface area contributed by atoms with E-state index in [0.717, 1.165) is 36.3 Å². The first-order valence-corrected chi connectivity index (χ1v) is 6.85. The van der Waals surface area contributed by atoms with Gasteiger partial charge in [0.05, 0.1) is 18.7 Å². The van der Waals surface area contributed by atoms with Crippen molar-refractivity contribution >= 4 is 16.8 Å². The van der Waals surface area contributed by atoms with Crippen molar-refractivity contribution in [2.45, 2.75) is 19.8 Å². The lowest BCUT2D eigenvalue weighted by Crippen LogP contribution is -2.24. The van der Waals surface area contributed by atoms with E-state index in [1.54, 1.807) is 0 Å². The number of ether oxygens (including phenoxy) is 1. The summed E-state index contributed by atoms with van der Waals surface area (Å²) in [5.74, 6) is -0.415. The molecule has 1 aliphatic rings. The van der Waals surface area contributed by atoms with E-state index in [-0.39, 0.29) is 0 Å². The Morgan fingerprint density at radius 3 is 2.95 bits per heavy atom. The first-order valence-electron chi connectivity index (χ1n) is 6.85. The molecule has 5 nitrogen and oxygen atoms in total. The second kappa shape index (κ2) is 5.17. The number of nitrogens with one attached hydrogen (secondary N) is 1. The average molecular weight is 274 g/mol. The second-order valence-electron chi connectivity index (χ2n) is 4.94. The van der Waals surface area contributed by atoms with Crippen molar-refractivity contribution in [1.82, 2.24) is 4.98 Å². The Labute approximate surface area is 116 Å². The van der Waals surface area contributed by atoms with Gasteiger partial charge in [0.2, 0.25) is 0 Å². The van der Waals surface area contributed by atoms with Crippen LogP contribution in [-0.4, -0.2) is 25.2 Å². The molecule has 0 spiro atoms. The summed E-state index contributed by atoms with van der Waals surface area (Å²) in [4.78, 5) is 16.1. The van der Waals surface area contributed by atoms with Gasteiger partial charge < -0.3 is 14.1 Å². The topological polar surface area (TPSA) is 58.5 Å². The summed E-state index contributed by atoms with van der Waals surface area (Å²) in [5.41, 5.74) is 4.70. The summed E-state index contributed by atoms with van der Waals surface area (Å²) in [6, 6.07) is 3.90. The molecule has 3 rings (SSSR count). The van der Waals surface area contributed by atoms with E-state index in [4.69, 9.17) is 9.15 Å². The zero-order valence-electron chi connectivity index (χ0n) is 11.7. The summed E-state index contributed by atoms with van der Waals surface area (Å²) in [5, 5.41) is 0. The first-order chi connectivity index (χ1) is 9.69. The molecule has 0 saturated heterocycles. The molecule has 1 aromatic carbocycles. The molecule has 106 valence electrons. The third kappa shape index (κ3) is 2.25. The lowest BCUT2D eigenvalue weighted by Gasteiger charge is -2.27. The Kier molecular flexibility index (Phi) is 3.36. The number of hydrogen-bond acceptors (Lipinski definition) is 4. The molecule has 1 aromatic heterocycles. The van der Waals surface area contributed by atoms with Gasteiger partial charge in [-0.1, -0.05) is 13.0 Å². The van der Waals surface area contributed by atoms with Crippen molar-refractivity contribution in [1.29, 1.82) is 0 Å². The molecular weight excluding hydrogens is 256 g/mol. The molecule has 0 amide bonds. The predicted octanol–water partition coefficient (Wildman–Crippen LogP) is 2.42. The Morgan fingerprint density at radius 1 is 1.40 bits per heavy atom. The van der Waals surface area contributed by atoms with Crippen LogP contribution in [0.2, 0.25) is 0 Å². The molecule has 0 bridgehead atoms. The van der Waals surface area contributed by atoms with E-state index in [1.807, 2.05) is 19.2 Å². The number of rotatable bonds is 3. The van der Waals surface area contributed by atoms with Crippen molar-refractivity contribution < 1.29 is 9.15 Å². The van der Waals surface area contributed by atoms with Crippen LogP contribution < -0.4 is 10.7 Å². The number of likely N-dealkylation sites (N-methyl/N-ethyl adjacent to an activating group) is 1. The highest BCUT2D eigenvalue weighted by atomic mass is 16.5. The van der Waals surface area contributed by atoms with Gasteiger partial charge in [0, 0.05) is 24.5 Å². The lowest BCUT2D eigenvalue weighted by atomic mass is 10.1. The van der Waals surface area contributed by atoms with Crippen molar-refractivity contribution in [3.05, 3.63) is 40.0 Å². The normalized spacial score (nSPS) is 15.4. The number of oxazole rings is 1. The van der Waals surface area contributed by atoms with E-state index in [9.17, 15) is 4.79 Å². The number of anilines is 1. The molecule has 2 heterocycles. The predicted molar refractivity (Wildman–Crippen MR) is 78.1 cm³/mol. The monoisotopic (exact) mass is 274 g/mol. The van der Waals surface area contributed by atoms with E-state index < -0.39 is 5.76 Å². The number of aromatic amines is 1. The second-order valence-corrected chi connectivity index (χ2v) is 4.94. The number of nitrogens with zero attached hydrogens (tertiary/aromatic N) is 1. The fourth-order valence-electron chi connectivity index (χ4n) is 2.56. The van der Waals surface area contributed by atoms with Crippen LogP contribution in [0, 0.1) is 0 Å². The standard InChI is InChI=1S/C15H18N2O3/c1-3-10-7-12-14(20-15(18)16-12)8-13(10)17(2)11-5-4-6-19-9-11/h5,7-8H,3-4,6,9H2,1-2H3,(H,16,18). The van der Waals surface area contributed by atoms with Crippen LogP contribution in [0.4, 0.5) is 5.69 Å². The molecular formula is C15H18N2O3. The highest BCUT2D eigenvalue weighted by Gasteiger charge is 2.15. The van der Waals surface area contributed by atoms with Gasteiger partial charge in [-0.2, -0.15) is 0 Å². The Balaban J connectivity index is 2.08. The van der Waals surface area contributed by atoms with Gasteiger partial charge in [-0.05, 0) is 24.5 Å². The highest BCUT2D eigenvalue weighted by Crippen LogP contribution is 2.28.